The Labute approximate surface area is 187 Å². The number of esters is 1. The minimum atomic E-state index is -0.535. The highest BCUT2D eigenvalue weighted by Crippen LogP contribution is 2.17. The first-order valence-corrected chi connectivity index (χ1v) is 9.55. The minimum absolute atomic E-state index is 0.0764. The SMILES string of the molecule is O=C(COc1ccc([N+](=O)[O-])cc1)N/N=C\c1cccc(OC(=O)c2ccc(Cl)cc2)c1. The molecule has 0 saturated heterocycles. The average Bonchev–Trinajstić information content (AvgIpc) is 2.78. The Morgan fingerprint density at radius 1 is 1.03 bits per heavy atom. The van der Waals surface area contributed by atoms with Gasteiger partial charge in [0.2, 0.25) is 0 Å². The highest BCUT2D eigenvalue weighted by Gasteiger charge is 2.09. The van der Waals surface area contributed by atoms with Crippen LogP contribution < -0.4 is 14.9 Å². The van der Waals surface area contributed by atoms with Crippen LogP contribution in [0.3, 0.4) is 0 Å². The number of nitrogens with one attached hydrogen (secondary N) is 1. The number of halogens is 1. The van der Waals surface area contributed by atoms with Gasteiger partial charge in [0.05, 0.1) is 16.7 Å². The maximum absolute atomic E-state index is 12.2. The van der Waals surface area contributed by atoms with E-state index >= 15 is 0 Å². The standard InChI is InChI=1S/C22H16ClN3O6/c23-17-6-4-16(5-7-17)22(28)32-20-3-1-2-15(12-20)13-24-25-21(27)14-31-19-10-8-18(9-11-19)26(29)30/h1-13H,14H2,(H,25,27)/b24-13-. The molecule has 0 aliphatic rings. The van der Waals surface area contributed by atoms with Crippen LogP contribution in [-0.4, -0.2) is 29.6 Å². The molecule has 3 rings (SSSR count). The predicted octanol–water partition coefficient (Wildman–Crippen LogP) is 4.00. The van der Waals surface area contributed by atoms with Gasteiger partial charge in [-0.1, -0.05) is 23.7 Å². The first-order chi connectivity index (χ1) is 15.4. The van der Waals surface area contributed by atoms with Gasteiger partial charge in [0.1, 0.15) is 11.5 Å². The maximum Gasteiger partial charge on any atom is 0.343 e. The fourth-order valence-electron chi connectivity index (χ4n) is 2.43. The number of hydrazone groups is 1. The molecule has 0 spiro atoms. The molecule has 0 bridgehead atoms. The summed E-state index contributed by atoms with van der Waals surface area (Å²) < 4.78 is 10.6. The monoisotopic (exact) mass is 453 g/mol. The Hall–Kier alpha value is -4.24. The second kappa shape index (κ2) is 10.7. The molecule has 10 heteroatoms. The Morgan fingerprint density at radius 2 is 1.75 bits per heavy atom. The third-order valence-electron chi connectivity index (χ3n) is 3.97. The van der Waals surface area contributed by atoms with Gasteiger partial charge in [-0.3, -0.25) is 14.9 Å². The largest absolute Gasteiger partial charge is 0.484 e. The fourth-order valence-corrected chi connectivity index (χ4v) is 2.56. The molecule has 0 unspecified atom stereocenters. The van der Waals surface area contributed by atoms with E-state index in [0.29, 0.717) is 27.6 Å². The van der Waals surface area contributed by atoms with Crippen molar-refractivity contribution in [3.05, 3.63) is 99.1 Å². The van der Waals surface area contributed by atoms with E-state index in [2.05, 4.69) is 10.5 Å². The highest BCUT2D eigenvalue weighted by molar-refractivity contribution is 6.30. The van der Waals surface area contributed by atoms with Crippen molar-refractivity contribution in [2.45, 2.75) is 0 Å². The van der Waals surface area contributed by atoms with Crippen LogP contribution in [0.15, 0.2) is 77.9 Å². The van der Waals surface area contributed by atoms with E-state index < -0.39 is 16.8 Å². The number of ether oxygens (including phenoxy) is 2. The average molecular weight is 454 g/mol. The van der Waals surface area contributed by atoms with Gasteiger partial charge in [-0.15, -0.1) is 0 Å². The quantitative estimate of drug-likeness (QED) is 0.181. The maximum atomic E-state index is 12.2. The third-order valence-corrected chi connectivity index (χ3v) is 4.22. The molecule has 0 atom stereocenters. The van der Waals surface area contributed by atoms with Crippen LogP contribution >= 0.6 is 11.6 Å². The number of rotatable bonds is 8. The topological polar surface area (TPSA) is 120 Å². The van der Waals surface area contributed by atoms with Crippen LogP contribution in [0.2, 0.25) is 5.02 Å². The van der Waals surface area contributed by atoms with Crippen LogP contribution in [-0.2, 0) is 4.79 Å². The van der Waals surface area contributed by atoms with Gasteiger partial charge < -0.3 is 9.47 Å². The van der Waals surface area contributed by atoms with Gasteiger partial charge in [0.25, 0.3) is 11.6 Å². The summed E-state index contributed by atoms with van der Waals surface area (Å²) in [6, 6.07) is 18.2. The Balaban J connectivity index is 1.49. The van der Waals surface area contributed by atoms with Crippen molar-refractivity contribution < 1.29 is 24.0 Å². The van der Waals surface area contributed by atoms with Gasteiger partial charge >= 0.3 is 5.97 Å². The molecule has 3 aromatic rings. The van der Waals surface area contributed by atoms with Gasteiger partial charge in [-0.05, 0) is 54.1 Å². The second-order valence-electron chi connectivity index (χ2n) is 6.30. The zero-order chi connectivity index (χ0) is 22.9. The zero-order valence-electron chi connectivity index (χ0n) is 16.4. The van der Waals surface area contributed by atoms with E-state index in [1.54, 1.807) is 48.5 Å². The highest BCUT2D eigenvalue weighted by atomic mass is 35.5. The molecule has 0 fully saturated rings. The van der Waals surface area contributed by atoms with E-state index in [9.17, 15) is 19.7 Å². The minimum Gasteiger partial charge on any atom is -0.484 e. The molecule has 0 aliphatic heterocycles. The molecule has 1 amide bonds. The fraction of sp³-hybridized carbons (Fsp3) is 0.0455. The van der Waals surface area contributed by atoms with E-state index in [1.165, 1.54) is 30.5 Å². The first-order valence-electron chi connectivity index (χ1n) is 9.18. The smallest absolute Gasteiger partial charge is 0.343 e. The summed E-state index contributed by atoms with van der Waals surface area (Å²) in [4.78, 5) is 34.1. The molecule has 9 nitrogen and oxygen atoms in total. The number of carbonyl (C=O) groups excluding carboxylic acids is 2. The van der Waals surface area contributed by atoms with Gasteiger partial charge in [-0.2, -0.15) is 5.10 Å². The molecule has 1 N–H and O–H groups in total. The van der Waals surface area contributed by atoms with E-state index in [4.69, 9.17) is 21.1 Å². The predicted molar refractivity (Wildman–Crippen MR) is 117 cm³/mol. The van der Waals surface area contributed by atoms with Crippen molar-refractivity contribution in [1.82, 2.24) is 5.43 Å². The number of nitrogens with zero attached hydrogens (tertiary/aromatic N) is 2. The van der Waals surface area contributed by atoms with Crippen LogP contribution in [0.1, 0.15) is 15.9 Å². The summed E-state index contributed by atoms with van der Waals surface area (Å²) in [5, 5.41) is 15.0. The molecule has 32 heavy (non-hydrogen) atoms. The third kappa shape index (κ3) is 6.64. The number of benzene rings is 3. The van der Waals surface area contributed by atoms with Gasteiger partial charge in [0.15, 0.2) is 6.61 Å². The molecule has 0 saturated carbocycles. The molecule has 3 aromatic carbocycles. The lowest BCUT2D eigenvalue weighted by Crippen LogP contribution is -2.24. The zero-order valence-corrected chi connectivity index (χ0v) is 17.2. The van der Waals surface area contributed by atoms with Crippen molar-refractivity contribution in [3.63, 3.8) is 0 Å². The van der Waals surface area contributed by atoms with Crippen LogP contribution in [0.4, 0.5) is 5.69 Å². The Bertz CT molecular complexity index is 1150. The second-order valence-corrected chi connectivity index (χ2v) is 6.74. The lowest BCUT2D eigenvalue weighted by atomic mass is 10.2. The summed E-state index contributed by atoms with van der Waals surface area (Å²) >= 11 is 5.81. The first kappa shape index (κ1) is 22.4. The summed E-state index contributed by atoms with van der Waals surface area (Å²) in [5.41, 5.74) is 3.16. The normalized spacial score (nSPS) is 10.5. The number of hydrogen-bond donors (Lipinski definition) is 1. The van der Waals surface area contributed by atoms with Crippen molar-refractivity contribution >= 4 is 35.4 Å². The van der Waals surface area contributed by atoms with Gasteiger partial charge in [0, 0.05) is 17.2 Å². The number of hydrogen-bond acceptors (Lipinski definition) is 7. The molecule has 162 valence electrons. The van der Waals surface area contributed by atoms with E-state index in [0.717, 1.165) is 0 Å². The van der Waals surface area contributed by atoms with Crippen molar-refractivity contribution in [1.29, 1.82) is 0 Å². The number of carbonyl (C=O) groups is 2. The summed E-state index contributed by atoms with van der Waals surface area (Å²) in [6.45, 7) is -0.326. The van der Waals surface area contributed by atoms with Crippen molar-refractivity contribution in [2.24, 2.45) is 5.10 Å². The molecule has 0 aliphatic carbocycles. The molecule has 0 aromatic heterocycles. The number of non-ortho nitro benzene ring substituents is 1. The molecular formula is C22H16ClN3O6. The summed E-state index contributed by atoms with van der Waals surface area (Å²) in [7, 11) is 0. The van der Waals surface area contributed by atoms with Crippen LogP contribution in [0.25, 0.3) is 0 Å². The number of amides is 1. The molecular weight excluding hydrogens is 438 g/mol. The summed E-state index contributed by atoms with van der Waals surface area (Å²) in [6.07, 6.45) is 1.38. The van der Waals surface area contributed by atoms with Crippen molar-refractivity contribution in [2.75, 3.05) is 6.61 Å². The Morgan fingerprint density at radius 3 is 2.44 bits per heavy atom. The summed E-state index contributed by atoms with van der Waals surface area (Å²) in [5.74, 6) is -0.441. The van der Waals surface area contributed by atoms with Crippen molar-refractivity contribution in [3.8, 4) is 11.5 Å². The van der Waals surface area contributed by atoms with E-state index in [-0.39, 0.29) is 12.3 Å². The number of nitro groups is 1. The van der Waals surface area contributed by atoms with E-state index in [1.807, 2.05) is 0 Å². The lowest BCUT2D eigenvalue weighted by Gasteiger charge is -2.06. The van der Waals surface area contributed by atoms with Gasteiger partial charge in [-0.25, -0.2) is 10.2 Å². The molecule has 0 radical (unpaired) electrons. The Kier molecular flexibility index (Phi) is 7.50. The van der Waals surface area contributed by atoms with Crippen LogP contribution in [0, 0.1) is 10.1 Å². The number of nitro benzene ring substituents is 1. The molecule has 0 heterocycles. The van der Waals surface area contributed by atoms with Crippen LogP contribution in [0.5, 0.6) is 11.5 Å². The lowest BCUT2D eigenvalue weighted by molar-refractivity contribution is -0.384.